The quantitative estimate of drug-likeness (QED) is 0.157. The first-order valence-electron chi connectivity index (χ1n) is 22.7. The zero-order chi connectivity index (χ0) is 42.0. The minimum absolute atomic E-state index is 0.0191. The predicted molar refractivity (Wildman–Crippen MR) is 244 cm³/mol. The zero-order valence-corrected chi connectivity index (χ0v) is 32.3. The van der Waals surface area contributed by atoms with Gasteiger partial charge in [-0.25, -0.2) is 0 Å². The van der Waals surface area contributed by atoms with Gasteiger partial charge in [-0.15, -0.1) is 0 Å². The Morgan fingerprint density at radius 2 is 1.22 bits per heavy atom. The van der Waals surface area contributed by atoms with E-state index in [0.717, 1.165) is 70.4 Å². The number of hydrogen-bond acceptors (Lipinski definition) is 1. The van der Waals surface area contributed by atoms with E-state index in [1.165, 1.54) is 33.4 Å². The number of nitrogens with zero attached hydrogens (tertiary/aromatic N) is 1. The topological polar surface area (TPSA) is 3.24 Å². The van der Waals surface area contributed by atoms with Crippen LogP contribution in [0.1, 0.15) is 74.8 Å². The van der Waals surface area contributed by atoms with Crippen molar-refractivity contribution >= 4 is 29.1 Å². The molecule has 0 fully saturated rings. The van der Waals surface area contributed by atoms with Gasteiger partial charge in [-0.05, 0) is 146 Å². The first-order chi connectivity index (χ1) is 30.4. The van der Waals surface area contributed by atoms with Gasteiger partial charge in [0.05, 0.1) is 15.6 Å². The molecule has 0 spiro atoms. The lowest BCUT2D eigenvalue weighted by Crippen LogP contribution is -2.31. The molecule has 0 radical (unpaired) electrons. The van der Waals surface area contributed by atoms with Gasteiger partial charge in [0.25, 0.3) is 0 Å². The van der Waals surface area contributed by atoms with Crippen LogP contribution in [0.4, 0.5) is 11.4 Å². The summed E-state index contributed by atoms with van der Waals surface area (Å²) in [5.74, 6) is 0. The van der Waals surface area contributed by atoms with Crippen LogP contribution in [0.15, 0.2) is 194 Å². The molecule has 7 aromatic rings. The number of para-hydroxylation sites is 1. The molecule has 0 saturated carbocycles. The minimum atomic E-state index is -1.15. The molecule has 2 unspecified atom stereocenters. The molecule has 7 aromatic carbocycles. The first kappa shape index (κ1) is 30.4. The summed E-state index contributed by atoms with van der Waals surface area (Å²) in [5.41, 5.74) is 16.5. The molecule has 278 valence electrons. The second-order valence-electron chi connectivity index (χ2n) is 15.7. The standard InChI is InChI=1S/C57H45N/c1-4-20-44(21-5-1)57(45-22-6-2-7-23-45)55-30-15-14-29-52(55)53-36-35-48(39-56(53)57)58(46-24-8-3-9-25-46)47-33-31-40(32-34-47)41-18-16-19-42(37-41)54-38-43-17-10-11-26-49(43)50-27-12-13-28-51(50)54/h1-10,13-25,28-33,35-39,47H,11-12,26-27,34H2/i31D,32D,33D,34D. The molecular weight excluding hydrogens is 699 g/mol. The highest BCUT2D eigenvalue weighted by molar-refractivity contribution is 5.89. The third-order valence-corrected chi connectivity index (χ3v) is 12.6. The summed E-state index contributed by atoms with van der Waals surface area (Å²) in [4.78, 5) is 2.03. The third-order valence-electron chi connectivity index (χ3n) is 12.6. The van der Waals surface area contributed by atoms with Crippen LogP contribution in [0.5, 0.6) is 0 Å². The summed E-state index contributed by atoms with van der Waals surface area (Å²) < 4.78 is 39.1. The van der Waals surface area contributed by atoms with Crippen LogP contribution >= 0.6 is 0 Å². The third kappa shape index (κ3) is 5.60. The van der Waals surface area contributed by atoms with Gasteiger partial charge in [0.2, 0.25) is 0 Å². The second kappa shape index (κ2) is 14.4. The fourth-order valence-electron chi connectivity index (χ4n) is 10.0. The lowest BCUT2D eigenvalue weighted by molar-refractivity contribution is 0.761. The fourth-order valence-corrected chi connectivity index (χ4v) is 10.0. The number of fused-ring (bicyclic) bond motifs is 6. The lowest BCUT2D eigenvalue weighted by atomic mass is 9.67. The molecule has 4 aliphatic rings. The summed E-state index contributed by atoms with van der Waals surface area (Å²) in [6.07, 6.45) is 12.1. The van der Waals surface area contributed by atoms with Crippen LogP contribution < -0.4 is 4.90 Å². The van der Waals surface area contributed by atoms with Gasteiger partial charge in [0.1, 0.15) is 0 Å². The summed E-state index contributed by atoms with van der Waals surface area (Å²) >= 11 is 0. The molecule has 1 nitrogen and oxygen atoms in total. The van der Waals surface area contributed by atoms with E-state index < -0.39 is 17.9 Å². The molecule has 0 aliphatic heterocycles. The Morgan fingerprint density at radius 1 is 0.552 bits per heavy atom. The Bertz CT molecular complexity index is 2980. The van der Waals surface area contributed by atoms with Gasteiger partial charge < -0.3 is 4.90 Å². The van der Waals surface area contributed by atoms with E-state index in [-0.39, 0.29) is 18.2 Å². The highest BCUT2D eigenvalue weighted by Crippen LogP contribution is 2.57. The maximum atomic E-state index is 9.88. The highest BCUT2D eigenvalue weighted by Gasteiger charge is 2.46. The smallest absolute Gasteiger partial charge is 0.0714 e. The van der Waals surface area contributed by atoms with Crippen molar-refractivity contribution in [3.8, 4) is 22.3 Å². The second-order valence-corrected chi connectivity index (χ2v) is 15.7. The van der Waals surface area contributed by atoms with Gasteiger partial charge in [0, 0.05) is 12.7 Å². The maximum Gasteiger partial charge on any atom is 0.0714 e. The van der Waals surface area contributed by atoms with Crippen molar-refractivity contribution in [2.75, 3.05) is 4.90 Å². The van der Waals surface area contributed by atoms with Crippen molar-refractivity contribution in [3.63, 3.8) is 0 Å². The van der Waals surface area contributed by atoms with E-state index in [4.69, 9.17) is 0 Å². The average Bonchev–Trinajstić information content (AvgIpc) is 3.63. The molecule has 0 heterocycles. The van der Waals surface area contributed by atoms with E-state index >= 15 is 0 Å². The Balaban J connectivity index is 1.05. The number of rotatable bonds is 7. The van der Waals surface area contributed by atoms with E-state index in [2.05, 4.69) is 146 Å². The van der Waals surface area contributed by atoms with E-state index in [1.54, 1.807) is 0 Å². The van der Waals surface area contributed by atoms with Crippen molar-refractivity contribution in [3.05, 3.63) is 244 Å². The van der Waals surface area contributed by atoms with Crippen LogP contribution in [0.3, 0.4) is 0 Å². The zero-order valence-electron chi connectivity index (χ0n) is 36.3. The van der Waals surface area contributed by atoms with Crippen LogP contribution in [0.2, 0.25) is 0 Å². The predicted octanol–water partition coefficient (Wildman–Crippen LogP) is 14.2. The van der Waals surface area contributed by atoms with E-state index in [0.29, 0.717) is 11.1 Å². The molecule has 58 heavy (non-hydrogen) atoms. The monoisotopic (exact) mass is 747 g/mol. The normalized spacial score (nSPS) is 19.6. The molecule has 2 atom stereocenters. The first-order valence-corrected chi connectivity index (χ1v) is 20.6. The Hall–Kier alpha value is -6.70. The molecule has 0 N–H and O–H groups in total. The van der Waals surface area contributed by atoms with Crippen molar-refractivity contribution < 1.29 is 5.48 Å². The minimum Gasteiger partial charge on any atom is -0.334 e. The van der Waals surface area contributed by atoms with Crippen molar-refractivity contribution in [1.29, 1.82) is 0 Å². The van der Waals surface area contributed by atoms with E-state index in [1.807, 2.05) is 47.4 Å². The number of allylic oxidation sites excluding steroid dienone is 4. The Morgan fingerprint density at radius 3 is 2.02 bits per heavy atom. The lowest BCUT2D eigenvalue weighted by Gasteiger charge is -2.36. The summed E-state index contributed by atoms with van der Waals surface area (Å²) in [6, 6.07) is 56.0. The van der Waals surface area contributed by atoms with Gasteiger partial charge in [-0.3, -0.25) is 0 Å². The van der Waals surface area contributed by atoms with Crippen molar-refractivity contribution in [1.82, 2.24) is 0 Å². The fraction of sp³-hybridized carbons (Fsp3) is 0.123. The SMILES string of the molecule is [2H]C1=C([2H])C(N(c2ccccc2)c2ccc3c(c2)C(c2ccccc2)(c2ccccc2)c2ccccc2-3)C([2H])C([2H])=C1c1cccc(-c2cc3c(c4c2C=CCC4)CCC=C3)c1. The van der Waals surface area contributed by atoms with Crippen LogP contribution in [0, 0.1) is 0 Å². The van der Waals surface area contributed by atoms with Crippen LogP contribution in [-0.4, -0.2) is 6.04 Å². The van der Waals surface area contributed by atoms with Gasteiger partial charge in [-0.2, -0.15) is 0 Å². The highest BCUT2D eigenvalue weighted by atomic mass is 15.2. The number of anilines is 2. The summed E-state index contributed by atoms with van der Waals surface area (Å²) in [7, 11) is 0. The molecule has 0 aromatic heterocycles. The maximum absolute atomic E-state index is 9.88. The van der Waals surface area contributed by atoms with Crippen LogP contribution in [0.25, 0.3) is 40.0 Å². The Labute approximate surface area is 348 Å². The summed E-state index contributed by atoms with van der Waals surface area (Å²) in [5, 5.41) is 0. The molecule has 0 amide bonds. The summed E-state index contributed by atoms with van der Waals surface area (Å²) in [6.45, 7) is 0. The molecule has 11 rings (SSSR count). The largest absolute Gasteiger partial charge is 0.334 e. The molecule has 0 saturated heterocycles. The average molecular weight is 748 g/mol. The molecule has 1 heteroatoms. The number of benzene rings is 7. The van der Waals surface area contributed by atoms with Crippen molar-refractivity contribution in [2.45, 2.75) is 43.5 Å². The molecular formula is C57H45N. The molecule has 0 bridgehead atoms. The molecule has 4 aliphatic carbocycles. The van der Waals surface area contributed by atoms with Gasteiger partial charge >= 0.3 is 0 Å². The van der Waals surface area contributed by atoms with Crippen molar-refractivity contribution in [2.24, 2.45) is 0 Å². The van der Waals surface area contributed by atoms with Gasteiger partial charge in [0.15, 0.2) is 0 Å². The Kier molecular flexibility index (Phi) is 7.53. The van der Waals surface area contributed by atoms with Gasteiger partial charge in [-0.1, -0.05) is 170 Å². The van der Waals surface area contributed by atoms with Crippen LogP contribution in [-0.2, 0) is 18.3 Å². The number of hydrogen-bond donors (Lipinski definition) is 0. The van der Waals surface area contributed by atoms with E-state index in [9.17, 15) is 5.48 Å².